The smallest absolute Gasteiger partial charge is 0.455 e. The van der Waals surface area contributed by atoms with Crippen LogP contribution in [0, 0.1) is 0 Å². The Bertz CT molecular complexity index is 491. The first kappa shape index (κ1) is 16.3. The van der Waals surface area contributed by atoms with Gasteiger partial charge in [0.15, 0.2) is 11.6 Å². The van der Waals surface area contributed by atoms with Crippen molar-refractivity contribution in [3.05, 3.63) is 35.9 Å². The SMILES string of the molecule is N[C@@](c1ccccc1)([C@@H](O)C(=O)O)C(F)(F)C(F)(F)F. The number of carbonyl (C=O) groups is 1. The van der Waals surface area contributed by atoms with Gasteiger partial charge in [-0.15, -0.1) is 0 Å². The number of hydrogen-bond acceptors (Lipinski definition) is 3. The molecule has 0 aliphatic rings. The van der Waals surface area contributed by atoms with Gasteiger partial charge in [0.25, 0.3) is 0 Å². The van der Waals surface area contributed by atoms with E-state index in [0.717, 1.165) is 24.3 Å². The number of benzene rings is 1. The lowest BCUT2D eigenvalue weighted by Gasteiger charge is -2.39. The molecule has 1 aromatic carbocycles. The molecule has 9 heteroatoms. The first-order valence-electron chi connectivity index (χ1n) is 5.16. The molecule has 0 amide bonds. The van der Waals surface area contributed by atoms with Crippen LogP contribution < -0.4 is 5.73 Å². The van der Waals surface area contributed by atoms with Crippen molar-refractivity contribution in [1.29, 1.82) is 0 Å². The van der Waals surface area contributed by atoms with Gasteiger partial charge in [-0.05, 0) is 5.56 Å². The van der Waals surface area contributed by atoms with Gasteiger partial charge >= 0.3 is 18.1 Å². The predicted octanol–water partition coefficient (Wildman–Crippen LogP) is 1.48. The maximum absolute atomic E-state index is 13.6. The Balaban J connectivity index is 3.56. The third kappa shape index (κ3) is 2.34. The second kappa shape index (κ2) is 4.98. The van der Waals surface area contributed by atoms with E-state index in [2.05, 4.69) is 0 Å². The van der Waals surface area contributed by atoms with Gasteiger partial charge in [0, 0.05) is 0 Å². The predicted molar refractivity (Wildman–Crippen MR) is 57.0 cm³/mol. The maximum Gasteiger partial charge on any atom is 0.455 e. The van der Waals surface area contributed by atoms with Gasteiger partial charge in [0.05, 0.1) is 0 Å². The van der Waals surface area contributed by atoms with Gasteiger partial charge < -0.3 is 15.9 Å². The summed E-state index contributed by atoms with van der Waals surface area (Å²) in [5.41, 5.74) is 0.328. The lowest BCUT2D eigenvalue weighted by Crippen LogP contribution is -2.67. The molecule has 0 fully saturated rings. The fraction of sp³-hybridized carbons (Fsp3) is 0.364. The fourth-order valence-electron chi connectivity index (χ4n) is 1.65. The van der Waals surface area contributed by atoms with Crippen LogP contribution in [0.2, 0.25) is 0 Å². The number of alkyl halides is 5. The Morgan fingerprint density at radius 3 is 1.90 bits per heavy atom. The zero-order chi connectivity index (χ0) is 15.8. The highest BCUT2D eigenvalue weighted by Crippen LogP contribution is 2.48. The van der Waals surface area contributed by atoms with Crippen LogP contribution in [-0.4, -0.2) is 34.4 Å². The molecular weight excluding hydrogens is 289 g/mol. The van der Waals surface area contributed by atoms with Crippen LogP contribution in [0.1, 0.15) is 5.56 Å². The maximum atomic E-state index is 13.6. The van der Waals surface area contributed by atoms with Crippen LogP contribution in [0.3, 0.4) is 0 Å². The lowest BCUT2D eigenvalue weighted by atomic mass is 9.79. The first-order chi connectivity index (χ1) is 8.96. The molecule has 4 nitrogen and oxygen atoms in total. The number of nitrogens with two attached hydrogens (primary N) is 1. The summed E-state index contributed by atoms with van der Waals surface area (Å²) in [6.45, 7) is 0. The standard InChI is InChI=1S/C11H10F5NO3/c12-10(13,11(14,15)16)9(17,7(18)8(19)20)6-4-2-1-3-5-6/h1-5,7,18H,17H2,(H,19,20)/t7-,9-/m0/s1. The Hall–Kier alpha value is -1.74. The van der Waals surface area contributed by atoms with Gasteiger partial charge in [0.1, 0.15) is 0 Å². The first-order valence-corrected chi connectivity index (χ1v) is 5.16. The monoisotopic (exact) mass is 299 g/mol. The quantitative estimate of drug-likeness (QED) is 0.735. The normalized spacial score (nSPS) is 17.4. The molecule has 0 bridgehead atoms. The van der Waals surface area contributed by atoms with Crippen molar-refractivity contribution < 1.29 is 37.0 Å². The number of hydrogen-bond donors (Lipinski definition) is 3. The van der Waals surface area contributed by atoms with Crippen LogP contribution in [0.4, 0.5) is 22.0 Å². The van der Waals surface area contributed by atoms with Crippen LogP contribution in [0.15, 0.2) is 30.3 Å². The van der Waals surface area contributed by atoms with Crippen molar-refractivity contribution in [2.75, 3.05) is 0 Å². The summed E-state index contributed by atoms with van der Waals surface area (Å²) < 4.78 is 64.7. The van der Waals surface area contributed by atoms with E-state index in [1.165, 1.54) is 6.07 Å². The number of aliphatic hydroxyl groups is 1. The average molecular weight is 299 g/mol. The van der Waals surface area contributed by atoms with Crippen LogP contribution in [0.25, 0.3) is 0 Å². The van der Waals surface area contributed by atoms with Crippen molar-refractivity contribution in [2.45, 2.75) is 23.7 Å². The van der Waals surface area contributed by atoms with Gasteiger partial charge in [-0.25, -0.2) is 4.79 Å². The molecule has 0 saturated carbocycles. The van der Waals surface area contributed by atoms with E-state index in [0.29, 0.717) is 0 Å². The average Bonchev–Trinajstić information content (AvgIpc) is 2.36. The third-order valence-corrected chi connectivity index (χ3v) is 2.79. The Morgan fingerprint density at radius 2 is 1.55 bits per heavy atom. The minimum Gasteiger partial charge on any atom is -0.479 e. The number of aliphatic hydroxyl groups excluding tert-OH is 1. The summed E-state index contributed by atoms with van der Waals surface area (Å²) in [4.78, 5) is 10.7. The van der Waals surface area contributed by atoms with Gasteiger partial charge in [-0.1, -0.05) is 30.3 Å². The molecule has 1 rings (SSSR count). The highest BCUT2D eigenvalue weighted by molar-refractivity contribution is 5.75. The fourth-order valence-corrected chi connectivity index (χ4v) is 1.65. The number of carboxylic acid groups (broad SMARTS) is 1. The zero-order valence-corrected chi connectivity index (χ0v) is 9.73. The van der Waals surface area contributed by atoms with Crippen LogP contribution >= 0.6 is 0 Å². The van der Waals surface area contributed by atoms with Crippen molar-refractivity contribution in [3.8, 4) is 0 Å². The van der Waals surface area contributed by atoms with Crippen LogP contribution in [-0.2, 0) is 10.3 Å². The highest BCUT2D eigenvalue weighted by atomic mass is 19.4. The van der Waals surface area contributed by atoms with Crippen molar-refractivity contribution in [2.24, 2.45) is 5.73 Å². The molecule has 1 aromatic rings. The summed E-state index contributed by atoms with van der Waals surface area (Å²) in [5.74, 6) is -7.95. The van der Waals surface area contributed by atoms with Crippen LogP contribution in [0.5, 0.6) is 0 Å². The third-order valence-electron chi connectivity index (χ3n) is 2.79. The number of rotatable bonds is 4. The van der Waals surface area contributed by atoms with E-state index in [4.69, 9.17) is 10.8 Å². The molecule has 0 unspecified atom stereocenters. The van der Waals surface area contributed by atoms with E-state index in [1.807, 2.05) is 0 Å². The topological polar surface area (TPSA) is 83.5 Å². The highest BCUT2D eigenvalue weighted by Gasteiger charge is 2.72. The van der Waals surface area contributed by atoms with E-state index in [9.17, 15) is 31.9 Å². The lowest BCUT2D eigenvalue weighted by molar-refractivity contribution is -0.319. The van der Waals surface area contributed by atoms with Crippen molar-refractivity contribution >= 4 is 5.97 Å². The second-order valence-corrected chi connectivity index (χ2v) is 4.05. The molecule has 20 heavy (non-hydrogen) atoms. The number of halogens is 5. The van der Waals surface area contributed by atoms with Crippen molar-refractivity contribution in [3.63, 3.8) is 0 Å². The minimum absolute atomic E-state index is 0.784. The molecule has 0 aliphatic heterocycles. The number of aliphatic carboxylic acids is 1. The molecule has 2 atom stereocenters. The zero-order valence-electron chi connectivity index (χ0n) is 9.73. The molecule has 0 radical (unpaired) electrons. The molecule has 0 spiro atoms. The van der Waals surface area contributed by atoms with Gasteiger partial charge in [-0.2, -0.15) is 22.0 Å². The molecule has 0 aliphatic carbocycles. The Morgan fingerprint density at radius 1 is 1.10 bits per heavy atom. The van der Waals surface area contributed by atoms with E-state index in [1.54, 1.807) is 0 Å². The Labute approximate surface area is 109 Å². The minimum atomic E-state index is -6.13. The summed E-state index contributed by atoms with van der Waals surface area (Å²) in [6, 6.07) is 5.07. The summed E-state index contributed by atoms with van der Waals surface area (Å²) in [6.07, 6.45) is -9.28. The molecular formula is C11H10F5NO3. The summed E-state index contributed by atoms with van der Waals surface area (Å²) in [7, 11) is 0. The molecule has 0 saturated heterocycles. The van der Waals surface area contributed by atoms with Crippen molar-refractivity contribution in [1.82, 2.24) is 0 Å². The summed E-state index contributed by atoms with van der Waals surface area (Å²) >= 11 is 0. The van der Waals surface area contributed by atoms with E-state index >= 15 is 0 Å². The molecule has 4 N–H and O–H groups in total. The Kier molecular flexibility index (Phi) is 4.07. The molecule has 0 aromatic heterocycles. The van der Waals surface area contributed by atoms with Gasteiger partial charge in [0.2, 0.25) is 0 Å². The van der Waals surface area contributed by atoms with E-state index in [-0.39, 0.29) is 0 Å². The number of carboxylic acids is 1. The molecule has 112 valence electrons. The summed E-state index contributed by atoms with van der Waals surface area (Å²) in [5, 5.41) is 17.9. The largest absolute Gasteiger partial charge is 0.479 e. The molecule has 0 heterocycles. The van der Waals surface area contributed by atoms with E-state index < -0.39 is 35.3 Å². The van der Waals surface area contributed by atoms with Gasteiger partial charge in [-0.3, -0.25) is 0 Å². The second-order valence-electron chi connectivity index (χ2n) is 4.05.